The number of benzene rings is 2. The van der Waals surface area contributed by atoms with Crippen molar-refractivity contribution in [2.45, 2.75) is 45.4 Å². The number of carbonyl (C=O) groups excluding carboxylic acids is 2. The summed E-state index contributed by atoms with van der Waals surface area (Å²) in [5.74, 6) is 1.97. The molecule has 1 fully saturated rings. The molecule has 3 heterocycles. The normalized spacial score (nSPS) is 21.4. The van der Waals surface area contributed by atoms with Gasteiger partial charge in [0.25, 0.3) is 0 Å². The van der Waals surface area contributed by atoms with Crippen LogP contribution in [-0.4, -0.2) is 110 Å². The fourth-order valence-electron chi connectivity index (χ4n) is 5.76. The summed E-state index contributed by atoms with van der Waals surface area (Å²) >= 11 is 0. The Labute approximate surface area is 253 Å². The van der Waals surface area contributed by atoms with E-state index in [1.807, 2.05) is 50.4 Å². The average Bonchev–Trinajstić information content (AvgIpc) is 3.48. The maximum absolute atomic E-state index is 13.5. The molecular formula is C32H44N4O7. The van der Waals surface area contributed by atoms with E-state index in [0.29, 0.717) is 62.8 Å². The van der Waals surface area contributed by atoms with Gasteiger partial charge in [0, 0.05) is 62.9 Å². The number of amides is 2. The van der Waals surface area contributed by atoms with Crippen LogP contribution in [-0.2, 0) is 27.3 Å². The Morgan fingerprint density at radius 3 is 2.67 bits per heavy atom. The Kier molecular flexibility index (Phi) is 10.4. The second-order valence-electron chi connectivity index (χ2n) is 11.8. The lowest BCUT2D eigenvalue weighted by molar-refractivity contribution is -0.134. The Hall–Kier alpha value is -3.38. The van der Waals surface area contributed by atoms with Gasteiger partial charge in [0.05, 0.1) is 32.3 Å². The van der Waals surface area contributed by atoms with Crippen molar-refractivity contribution < 1.29 is 33.6 Å². The number of fused-ring (bicyclic) bond motifs is 2. The van der Waals surface area contributed by atoms with Gasteiger partial charge < -0.3 is 34.3 Å². The molecule has 2 aromatic rings. The third-order valence-corrected chi connectivity index (χ3v) is 8.34. The number of likely N-dealkylation sites (N-methyl/N-ethyl adjacent to an activating group) is 1. The summed E-state index contributed by atoms with van der Waals surface area (Å²) < 4.78 is 23.0. The highest BCUT2D eigenvalue weighted by molar-refractivity contribution is 5.91. The van der Waals surface area contributed by atoms with Crippen molar-refractivity contribution in [3.8, 4) is 17.2 Å². The number of hydrogen-bond acceptors (Lipinski definition) is 9. The van der Waals surface area contributed by atoms with Crippen LogP contribution in [0.1, 0.15) is 31.4 Å². The summed E-state index contributed by atoms with van der Waals surface area (Å²) in [5, 5.41) is 12.9. The summed E-state index contributed by atoms with van der Waals surface area (Å²) in [6.07, 6.45) is 0.263. The number of nitrogens with one attached hydrogen (secondary N) is 1. The van der Waals surface area contributed by atoms with Gasteiger partial charge in [-0.15, -0.1) is 0 Å². The summed E-state index contributed by atoms with van der Waals surface area (Å²) in [6.45, 7) is 9.54. The molecule has 2 amide bonds. The monoisotopic (exact) mass is 596 g/mol. The van der Waals surface area contributed by atoms with E-state index in [4.69, 9.17) is 18.9 Å². The summed E-state index contributed by atoms with van der Waals surface area (Å²) in [7, 11) is 2.04. The first kappa shape index (κ1) is 31.1. The Morgan fingerprint density at radius 2 is 1.88 bits per heavy atom. The zero-order valence-corrected chi connectivity index (χ0v) is 25.4. The third kappa shape index (κ3) is 8.17. The number of aliphatic hydroxyl groups excluding tert-OH is 1. The lowest BCUT2D eigenvalue weighted by Crippen LogP contribution is -2.47. The van der Waals surface area contributed by atoms with Crippen LogP contribution in [0.3, 0.4) is 0 Å². The van der Waals surface area contributed by atoms with Gasteiger partial charge in [-0.25, -0.2) is 0 Å². The molecule has 3 aliphatic heterocycles. The molecule has 2 aromatic carbocycles. The van der Waals surface area contributed by atoms with E-state index in [0.717, 1.165) is 30.2 Å². The summed E-state index contributed by atoms with van der Waals surface area (Å²) in [4.78, 5) is 32.4. The van der Waals surface area contributed by atoms with Gasteiger partial charge in [0.2, 0.25) is 18.6 Å². The molecule has 0 aromatic heterocycles. The zero-order chi connectivity index (χ0) is 30.3. The molecule has 5 rings (SSSR count). The third-order valence-electron chi connectivity index (χ3n) is 8.34. The molecule has 11 heteroatoms. The summed E-state index contributed by atoms with van der Waals surface area (Å²) in [5.41, 5.74) is 2.44. The molecule has 11 nitrogen and oxygen atoms in total. The van der Waals surface area contributed by atoms with E-state index >= 15 is 0 Å². The van der Waals surface area contributed by atoms with Gasteiger partial charge in [-0.3, -0.25) is 19.4 Å². The van der Waals surface area contributed by atoms with Crippen molar-refractivity contribution in [1.82, 2.24) is 14.7 Å². The number of rotatable bonds is 10. The maximum Gasteiger partial charge on any atom is 0.231 e. The van der Waals surface area contributed by atoms with Crippen molar-refractivity contribution in [3.63, 3.8) is 0 Å². The first-order valence-electron chi connectivity index (χ1n) is 15.2. The van der Waals surface area contributed by atoms with Gasteiger partial charge in [-0.05, 0) is 49.9 Å². The Morgan fingerprint density at radius 1 is 1.12 bits per heavy atom. The standard InChI is InChI=1S/C32H44N4O7/c1-22-17-36(23(2)20-37)32(39)16-25-15-26(33-31(38)8-9-35-10-12-40-13-11-35)5-7-27(25)43-30(22)19-34(3)18-24-4-6-28-29(14-24)42-21-41-28/h4-7,14-15,22-23,30,37H,8-13,16-21H2,1-3H3,(H,33,38)/t22-,23+,30-/m1/s1. The van der Waals surface area contributed by atoms with Crippen molar-refractivity contribution in [2.24, 2.45) is 5.92 Å². The van der Waals surface area contributed by atoms with Gasteiger partial charge in [0.1, 0.15) is 11.9 Å². The highest BCUT2D eigenvalue weighted by Crippen LogP contribution is 2.33. The lowest BCUT2D eigenvalue weighted by atomic mass is 10.0. The minimum absolute atomic E-state index is 0.0114. The Bertz CT molecular complexity index is 1270. The fraction of sp³-hybridized carbons (Fsp3) is 0.562. The van der Waals surface area contributed by atoms with Gasteiger partial charge in [0.15, 0.2) is 11.5 Å². The molecule has 234 valence electrons. The van der Waals surface area contributed by atoms with Crippen molar-refractivity contribution >= 4 is 17.5 Å². The van der Waals surface area contributed by atoms with E-state index in [-0.39, 0.29) is 49.7 Å². The average molecular weight is 597 g/mol. The number of aliphatic hydroxyl groups is 1. The number of anilines is 1. The van der Waals surface area contributed by atoms with Gasteiger partial charge in [-0.2, -0.15) is 0 Å². The van der Waals surface area contributed by atoms with E-state index in [1.165, 1.54) is 0 Å². The number of morpholine rings is 1. The molecule has 0 saturated carbocycles. The van der Waals surface area contributed by atoms with Crippen molar-refractivity contribution in [1.29, 1.82) is 0 Å². The van der Waals surface area contributed by atoms with E-state index in [1.54, 1.807) is 4.90 Å². The lowest BCUT2D eigenvalue weighted by Gasteiger charge is -2.34. The molecule has 0 unspecified atom stereocenters. The molecule has 3 aliphatic rings. The quantitative estimate of drug-likeness (QED) is 0.427. The second kappa shape index (κ2) is 14.4. The van der Waals surface area contributed by atoms with E-state index < -0.39 is 0 Å². The topological polar surface area (TPSA) is 113 Å². The largest absolute Gasteiger partial charge is 0.488 e. The van der Waals surface area contributed by atoms with Crippen LogP contribution in [0.2, 0.25) is 0 Å². The van der Waals surface area contributed by atoms with Crippen molar-refractivity contribution in [3.05, 3.63) is 47.5 Å². The number of carbonyl (C=O) groups is 2. The highest BCUT2D eigenvalue weighted by atomic mass is 16.7. The first-order chi connectivity index (χ1) is 20.8. The first-order valence-corrected chi connectivity index (χ1v) is 15.2. The maximum atomic E-state index is 13.5. The molecule has 3 atom stereocenters. The second-order valence-corrected chi connectivity index (χ2v) is 11.8. The van der Waals surface area contributed by atoms with Crippen LogP contribution in [0.4, 0.5) is 5.69 Å². The summed E-state index contributed by atoms with van der Waals surface area (Å²) in [6, 6.07) is 11.2. The molecule has 0 aliphatic carbocycles. The molecule has 0 spiro atoms. The smallest absolute Gasteiger partial charge is 0.231 e. The molecule has 0 radical (unpaired) electrons. The minimum Gasteiger partial charge on any atom is -0.488 e. The molecule has 43 heavy (non-hydrogen) atoms. The minimum atomic E-state index is -0.327. The van der Waals surface area contributed by atoms with Gasteiger partial charge in [-0.1, -0.05) is 13.0 Å². The molecule has 1 saturated heterocycles. The van der Waals surface area contributed by atoms with E-state index in [2.05, 4.69) is 22.0 Å². The predicted octanol–water partition coefficient (Wildman–Crippen LogP) is 2.36. The zero-order valence-electron chi connectivity index (χ0n) is 25.4. The van der Waals surface area contributed by atoms with Crippen LogP contribution < -0.4 is 19.5 Å². The van der Waals surface area contributed by atoms with Crippen molar-refractivity contribution in [2.75, 3.05) is 71.7 Å². The van der Waals surface area contributed by atoms with E-state index in [9.17, 15) is 14.7 Å². The van der Waals surface area contributed by atoms with Gasteiger partial charge >= 0.3 is 0 Å². The number of nitrogens with zero attached hydrogens (tertiary/aromatic N) is 3. The van der Waals surface area contributed by atoms with Crippen LogP contribution in [0.25, 0.3) is 0 Å². The molecular weight excluding hydrogens is 552 g/mol. The SMILES string of the molecule is C[C@@H]1CN([C@@H](C)CO)C(=O)Cc2cc(NC(=O)CCN3CCOCC3)ccc2O[C@@H]1CN(C)Cc1ccc2c(c1)OCO2. The highest BCUT2D eigenvalue weighted by Gasteiger charge is 2.31. The predicted molar refractivity (Wildman–Crippen MR) is 161 cm³/mol. The van der Waals surface area contributed by atoms with Crippen LogP contribution in [0.15, 0.2) is 36.4 Å². The molecule has 2 N–H and O–H groups in total. The van der Waals surface area contributed by atoms with Crippen LogP contribution in [0.5, 0.6) is 17.2 Å². The van der Waals surface area contributed by atoms with Crippen LogP contribution >= 0.6 is 0 Å². The van der Waals surface area contributed by atoms with Crippen LogP contribution in [0, 0.1) is 5.92 Å². The number of ether oxygens (including phenoxy) is 4. The molecule has 0 bridgehead atoms. The Balaban J connectivity index is 1.30. The fourth-order valence-corrected chi connectivity index (χ4v) is 5.76. The number of hydrogen-bond donors (Lipinski definition) is 2.